The summed E-state index contributed by atoms with van der Waals surface area (Å²) in [5.41, 5.74) is -0.0861. The normalized spacial score (nSPS) is 19.1. The van der Waals surface area contributed by atoms with E-state index in [9.17, 15) is 5.11 Å². The Bertz CT molecular complexity index is 429. The van der Waals surface area contributed by atoms with Gasteiger partial charge in [-0.2, -0.15) is 0 Å². The van der Waals surface area contributed by atoms with Crippen molar-refractivity contribution in [3.8, 4) is 11.5 Å². The van der Waals surface area contributed by atoms with Gasteiger partial charge < -0.3 is 19.5 Å². The summed E-state index contributed by atoms with van der Waals surface area (Å²) in [4.78, 5) is 2.39. The van der Waals surface area contributed by atoms with Crippen LogP contribution in [0.25, 0.3) is 0 Å². The van der Waals surface area contributed by atoms with Crippen LogP contribution >= 0.6 is 0 Å². The van der Waals surface area contributed by atoms with E-state index in [2.05, 4.69) is 18.7 Å². The second kappa shape index (κ2) is 6.02. The monoisotopic (exact) mass is 279 g/mol. The molecular formula is C16H25NO3. The minimum Gasteiger partial charge on any atom is -0.496 e. The summed E-state index contributed by atoms with van der Waals surface area (Å²) in [6.45, 7) is 6.15. The van der Waals surface area contributed by atoms with E-state index in [0.717, 1.165) is 18.7 Å². The zero-order chi connectivity index (χ0) is 14.8. The van der Waals surface area contributed by atoms with Crippen molar-refractivity contribution in [2.24, 2.45) is 0 Å². The Kier molecular flexibility index (Phi) is 4.55. The molecule has 1 aromatic rings. The highest BCUT2D eigenvalue weighted by molar-refractivity contribution is 5.48. The summed E-state index contributed by atoms with van der Waals surface area (Å²) >= 11 is 0. The second-order valence-electron chi connectivity index (χ2n) is 5.70. The largest absolute Gasteiger partial charge is 0.496 e. The van der Waals surface area contributed by atoms with Crippen LogP contribution in [0.15, 0.2) is 18.2 Å². The van der Waals surface area contributed by atoms with E-state index in [1.54, 1.807) is 14.2 Å². The summed E-state index contributed by atoms with van der Waals surface area (Å²) in [6.07, 6.45) is 1.39. The molecule has 0 amide bonds. The number of aliphatic hydroxyl groups is 1. The summed E-state index contributed by atoms with van der Waals surface area (Å²) in [7, 11) is 3.26. The average molecular weight is 279 g/mol. The maximum absolute atomic E-state index is 11.1. The maximum Gasteiger partial charge on any atom is 0.128 e. The molecule has 4 heteroatoms. The number of nitrogens with zero attached hydrogens (tertiary/aromatic N) is 1. The first kappa shape index (κ1) is 15.1. The highest BCUT2D eigenvalue weighted by atomic mass is 16.5. The first-order chi connectivity index (χ1) is 9.51. The molecule has 1 aliphatic rings. The first-order valence-electron chi connectivity index (χ1n) is 7.19. The van der Waals surface area contributed by atoms with Crippen LogP contribution in [0.1, 0.15) is 32.3 Å². The van der Waals surface area contributed by atoms with Crippen molar-refractivity contribution in [3.63, 3.8) is 0 Å². The van der Waals surface area contributed by atoms with Gasteiger partial charge in [0.05, 0.1) is 25.4 Å². The number of hydrogen-bond acceptors (Lipinski definition) is 4. The summed E-state index contributed by atoms with van der Waals surface area (Å²) in [6, 6.07) is 6.15. The van der Waals surface area contributed by atoms with Gasteiger partial charge in [-0.05, 0) is 38.8 Å². The fraction of sp³-hybridized carbons (Fsp3) is 0.625. The van der Waals surface area contributed by atoms with Gasteiger partial charge >= 0.3 is 0 Å². The lowest BCUT2D eigenvalue weighted by atomic mass is 9.83. The van der Waals surface area contributed by atoms with Crippen LogP contribution in [0, 0.1) is 0 Å². The van der Waals surface area contributed by atoms with Crippen molar-refractivity contribution in [3.05, 3.63) is 23.8 Å². The molecule has 1 fully saturated rings. The highest BCUT2D eigenvalue weighted by Crippen LogP contribution is 2.43. The highest BCUT2D eigenvalue weighted by Gasteiger charge is 2.39. The topological polar surface area (TPSA) is 41.9 Å². The summed E-state index contributed by atoms with van der Waals surface area (Å²) in [5.74, 6) is 1.40. The molecule has 0 aromatic heterocycles. The van der Waals surface area contributed by atoms with Crippen LogP contribution in [-0.2, 0) is 5.60 Å². The average Bonchev–Trinajstić information content (AvgIpc) is 2.46. The molecule has 1 aliphatic heterocycles. The van der Waals surface area contributed by atoms with Crippen LogP contribution in [0.4, 0.5) is 0 Å². The van der Waals surface area contributed by atoms with Crippen LogP contribution in [0.2, 0.25) is 0 Å². The molecule has 0 aliphatic carbocycles. The first-order valence-corrected chi connectivity index (χ1v) is 7.19. The van der Waals surface area contributed by atoms with E-state index < -0.39 is 5.60 Å². The van der Waals surface area contributed by atoms with Gasteiger partial charge in [-0.15, -0.1) is 0 Å². The Morgan fingerprint density at radius 3 is 2.00 bits per heavy atom. The molecule has 4 nitrogen and oxygen atoms in total. The Balaban J connectivity index is 2.31. The van der Waals surface area contributed by atoms with Gasteiger partial charge in [-0.1, -0.05) is 6.07 Å². The van der Waals surface area contributed by atoms with Crippen molar-refractivity contribution in [1.82, 2.24) is 4.90 Å². The molecule has 20 heavy (non-hydrogen) atoms. The zero-order valence-corrected chi connectivity index (χ0v) is 12.8. The Labute approximate surface area is 121 Å². The third kappa shape index (κ3) is 2.76. The van der Waals surface area contributed by atoms with Crippen molar-refractivity contribution in [1.29, 1.82) is 0 Å². The van der Waals surface area contributed by atoms with Gasteiger partial charge in [-0.25, -0.2) is 0 Å². The van der Waals surface area contributed by atoms with Gasteiger partial charge in [0, 0.05) is 19.1 Å². The molecule has 1 N–H and O–H groups in total. The number of likely N-dealkylation sites (tertiary alicyclic amines) is 1. The molecule has 2 rings (SSSR count). The van der Waals surface area contributed by atoms with Gasteiger partial charge in [0.15, 0.2) is 0 Å². The summed E-state index contributed by atoms with van der Waals surface area (Å²) in [5, 5.41) is 11.1. The van der Waals surface area contributed by atoms with Crippen molar-refractivity contribution in [2.75, 3.05) is 27.3 Å². The SMILES string of the molecule is COc1cccc(OC)c1C1(O)CCN(C(C)C)CC1. The molecule has 0 bridgehead atoms. The standard InChI is InChI=1S/C16H25NO3/c1-12(2)17-10-8-16(18,9-11-17)15-13(19-3)6-5-7-14(15)20-4/h5-7,12,18H,8-11H2,1-4H3. The maximum atomic E-state index is 11.1. The fourth-order valence-electron chi connectivity index (χ4n) is 2.97. The number of piperidine rings is 1. The minimum atomic E-state index is -0.872. The van der Waals surface area contributed by atoms with E-state index in [1.165, 1.54) is 0 Å². The molecule has 1 aromatic carbocycles. The fourth-order valence-corrected chi connectivity index (χ4v) is 2.97. The van der Waals surface area contributed by atoms with Gasteiger partial charge in [0.1, 0.15) is 11.5 Å². The number of rotatable bonds is 4. The lowest BCUT2D eigenvalue weighted by molar-refractivity contribution is -0.0352. The van der Waals surface area contributed by atoms with Gasteiger partial charge in [0.25, 0.3) is 0 Å². The molecule has 1 heterocycles. The Morgan fingerprint density at radius 2 is 1.60 bits per heavy atom. The number of ether oxygens (including phenoxy) is 2. The van der Waals surface area contributed by atoms with Crippen molar-refractivity contribution < 1.29 is 14.6 Å². The second-order valence-corrected chi connectivity index (χ2v) is 5.70. The molecule has 0 atom stereocenters. The lowest BCUT2D eigenvalue weighted by Gasteiger charge is -2.41. The van der Waals surface area contributed by atoms with Crippen LogP contribution < -0.4 is 9.47 Å². The summed E-state index contributed by atoms with van der Waals surface area (Å²) < 4.78 is 10.9. The van der Waals surface area contributed by atoms with Crippen molar-refractivity contribution in [2.45, 2.75) is 38.3 Å². The molecule has 0 radical (unpaired) electrons. The molecule has 0 saturated carbocycles. The van der Waals surface area contributed by atoms with Crippen molar-refractivity contribution >= 4 is 0 Å². The minimum absolute atomic E-state index is 0.513. The predicted molar refractivity (Wildman–Crippen MR) is 79.4 cm³/mol. The van der Waals surface area contributed by atoms with Gasteiger partial charge in [0.2, 0.25) is 0 Å². The zero-order valence-electron chi connectivity index (χ0n) is 12.8. The van der Waals surface area contributed by atoms with Crippen LogP contribution in [-0.4, -0.2) is 43.4 Å². The predicted octanol–water partition coefficient (Wildman–Crippen LogP) is 2.40. The van der Waals surface area contributed by atoms with Crippen LogP contribution in [0.3, 0.4) is 0 Å². The number of hydrogen-bond donors (Lipinski definition) is 1. The Hall–Kier alpha value is -1.26. The molecule has 112 valence electrons. The van der Waals surface area contributed by atoms with E-state index in [4.69, 9.17) is 9.47 Å². The third-order valence-electron chi connectivity index (χ3n) is 4.25. The molecule has 0 unspecified atom stereocenters. The van der Waals surface area contributed by atoms with E-state index in [1.807, 2.05) is 18.2 Å². The number of benzene rings is 1. The third-order valence-corrected chi connectivity index (χ3v) is 4.25. The van der Waals surface area contributed by atoms with E-state index >= 15 is 0 Å². The Morgan fingerprint density at radius 1 is 1.10 bits per heavy atom. The van der Waals surface area contributed by atoms with Gasteiger partial charge in [-0.3, -0.25) is 0 Å². The van der Waals surface area contributed by atoms with E-state index in [-0.39, 0.29) is 0 Å². The molecular weight excluding hydrogens is 254 g/mol. The number of methoxy groups -OCH3 is 2. The van der Waals surface area contributed by atoms with E-state index in [0.29, 0.717) is 30.4 Å². The smallest absolute Gasteiger partial charge is 0.128 e. The molecule has 1 saturated heterocycles. The van der Waals surface area contributed by atoms with Crippen LogP contribution in [0.5, 0.6) is 11.5 Å². The quantitative estimate of drug-likeness (QED) is 0.919. The lowest BCUT2D eigenvalue weighted by Crippen LogP contribution is -2.45. The molecule has 0 spiro atoms.